The molecule has 3 aromatic rings. The number of carboxylic acid groups (broad SMARTS) is 1. The fraction of sp³-hybridized carbons (Fsp3) is 0.387. The van der Waals surface area contributed by atoms with Gasteiger partial charge in [-0.1, -0.05) is 51.1 Å². The highest BCUT2D eigenvalue weighted by Gasteiger charge is 2.35. The summed E-state index contributed by atoms with van der Waals surface area (Å²) in [7, 11) is 1.55. The first kappa shape index (κ1) is 26.6. The molecular weight excluding hydrogens is 474 g/mol. The molecule has 0 heterocycles. The minimum absolute atomic E-state index is 0.0496. The van der Waals surface area contributed by atoms with Gasteiger partial charge in [0.25, 0.3) is 0 Å². The number of rotatable bonds is 10. The van der Waals surface area contributed by atoms with Gasteiger partial charge in [-0.15, -0.1) is 0 Å². The van der Waals surface area contributed by atoms with Gasteiger partial charge in [0, 0.05) is 11.5 Å². The van der Waals surface area contributed by atoms with E-state index in [1.807, 2.05) is 18.2 Å². The Morgan fingerprint density at radius 2 is 1.81 bits per heavy atom. The van der Waals surface area contributed by atoms with Crippen LogP contribution in [0, 0.1) is 23.0 Å². The van der Waals surface area contributed by atoms with Crippen molar-refractivity contribution in [3.63, 3.8) is 0 Å². The molecule has 37 heavy (non-hydrogen) atoms. The van der Waals surface area contributed by atoms with Gasteiger partial charge in [0.15, 0.2) is 11.6 Å². The lowest BCUT2D eigenvalue weighted by Gasteiger charge is -2.22. The van der Waals surface area contributed by atoms with Crippen molar-refractivity contribution in [3.05, 3.63) is 82.9 Å². The number of methoxy groups -OCH3 is 1. The predicted molar refractivity (Wildman–Crippen MR) is 140 cm³/mol. The molecule has 6 heteroatoms. The summed E-state index contributed by atoms with van der Waals surface area (Å²) < 4.78 is 41.4. The average molecular weight is 509 g/mol. The molecule has 1 atom stereocenters. The molecule has 1 N–H and O–H groups in total. The molecule has 0 aliphatic heterocycles. The maximum atomic E-state index is 15.4. The Labute approximate surface area is 217 Å². The van der Waals surface area contributed by atoms with Gasteiger partial charge in [-0.25, -0.2) is 8.78 Å². The number of hydrogen-bond donors (Lipinski definition) is 1. The highest BCUT2D eigenvalue weighted by atomic mass is 19.1. The Hall–Kier alpha value is -3.41. The van der Waals surface area contributed by atoms with E-state index in [1.165, 1.54) is 6.07 Å². The van der Waals surface area contributed by atoms with Crippen LogP contribution in [0.3, 0.4) is 0 Å². The van der Waals surface area contributed by atoms with Crippen molar-refractivity contribution in [1.29, 1.82) is 0 Å². The molecule has 0 bridgehead atoms. The van der Waals surface area contributed by atoms with E-state index in [9.17, 15) is 14.3 Å². The van der Waals surface area contributed by atoms with Crippen molar-refractivity contribution < 1.29 is 28.2 Å². The van der Waals surface area contributed by atoms with E-state index < -0.39 is 11.8 Å². The molecule has 1 aliphatic carbocycles. The Kier molecular flexibility index (Phi) is 7.86. The third-order valence-corrected chi connectivity index (χ3v) is 6.73. The maximum absolute atomic E-state index is 15.4. The third kappa shape index (κ3) is 6.68. The number of carbonyl (C=O) groups is 1. The van der Waals surface area contributed by atoms with Crippen LogP contribution in [0.5, 0.6) is 11.5 Å². The highest BCUT2D eigenvalue weighted by Crippen LogP contribution is 2.46. The standard InChI is InChI=1S/C31H34F2O4/c1-31(2,3)17-21-14-19(8-12-23(21)26-15-22(36-4)11-13-27(26)32)18-37-28-7-5-6-24(30(28)33)25(16-29(34)35)20-9-10-20/h5-8,11-15,20,25H,9-10,16-18H2,1-4H3,(H,34,35)/t25-/m1/s1. The smallest absolute Gasteiger partial charge is 0.303 e. The van der Waals surface area contributed by atoms with Gasteiger partial charge in [0.1, 0.15) is 18.2 Å². The number of ether oxygens (including phenoxy) is 2. The first-order valence-electron chi connectivity index (χ1n) is 12.6. The van der Waals surface area contributed by atoms with Crippen LogP contribution in [0.25, 0.3) is 11.1 Å². The van der Waals surface area contributed by atoms with Crippen molar-refractivity contribution in [2.24, 2.45) is 11.3 Å². The van der Waals surface area contributed by atoms with E-state index in [-0.39, 0.29) is 41.8 Å². The molecule has 0 spiro atoms. The first-order valence-corrected chi connectivity index (χ1v) is 12.6. The lowest BCUT2D eigenvalue weighted by molar-refractivity contribution is -0.137. The summed E-state index contributed by atoms with van der Waals surface area (Å²) in [5.74, 6) is -1.22. The van der Waals surface area contributed by atoms with Gasteiger partial charge in [0.05, 0.1) is 13.5 Å². The third-order valence-electron chi connectivity index (χ3n) is 6.73. The Morgan fingerprint density at radius 1 is 1.05 bits per heavy atom. The topological polar surface area (TPSA) is 55.8 Å². The lowest BCUT2D eigenvalue weighted by atomic mass is 9.84. The minimum Gasteiger partial charge on any atom is -0.497 e. The molecule has 4 rings (SSSR count). The zero-order chi connectivity index (χ0) is 26.7. The molecule has 0 amide bonds. The van der Waals surface area contributed by atoms with Gasteiger partial charge >= 0.3 is 5.97 Å². The molecule has 0 unspecified atom stereocenters. The number of carboxylic acids is 1. The molecule has 1 saturated carbocycles. The monoisotopic (exact) mass is 508 g/mol. The maximum Gasteiger partial charge on any atom is 0.303 e. The number of aliphatic carboxylic acids is 1. The second-order valence-corrected chi connectivity index (χ2v) is 11.1. The van der Waals surface area contributed by atoms with Crippen molar-refractivity contribution in [3.8, 4) is 22.6 Å². The number of benzene rings is 3. The van der Waals surface area contributed by atoms with E-state index >= 15 is 4.39 Å². The first-order chi connectivity index (χ1) is 17.6. The molecule has 1 fully saturated rings. The summed E-state index contributed by atoms with van der Waals surface area (Å²) >= 11 is 0. The van der Waals surface area contributed by atoms with E-state index in [0.29, 0.717) is 23.3 Å². The molecule has 4 nitrogen and oxygen atoms in total. The summed E-state index contributed by atoms with van der Waals surface area (Å²) in [5.41, 5.74) is 3.40. The molecule has 196 valence electrons. The highest BCUT2D eigenvalue weighted by molar-refractivity contribution is 5.70. The Balaban J connectivity index is 1.61. The Bertz CT molecular complexity index is 1270. The van der Waals surface area contributed by atoms with Crippen molar-refractivity contribution in [1.82, 2.24) is 0 Å². The van der Waals surface area contributed by atoms with Crippen LogP contribution in [-0.2, 0) is 17.8 Å². The quantitative estimate of drug-likeness (QED) is 0.304. The normalized spacial score (nSPS) is 14.3. The van der Waals surface area contributed by atoms with Crippen molar-refractivity contribution >= 4 is 5.97 Å². The van der Waals surface area contributed by atoms with Crippen LogP contribution in [0.2, 0.25) is 0 Å². The molecule has 0 saturated heterocycles. The SMILES string of the molecule is COc1ccc(F)c(-c2ccc(COc3cccc([C@H](CC(=O)O)C4CC4)c3F)cc2CC(C)(C)C)c1. The largest absolute Gasteiger partial charge is 0.497 e. The van der Waals surface area contributed by atoms with Gasteiger partial charge in [-0.05, 0) is 77.1 Å². The summed E-state index contributed by atoms with van der Waals surface area (Å²) in [4.78, 5) is 11.4. The Morgan fingerprint density at radius 3 is 2.46 bits per heavy atom. The summed E-state index contributed by atoms with van der Waals surface area (Å²) in [6, 6.07) is 15.4. The molecule has 0 radical (unpaired) electrons. The zero-order valence-corrected chi connectivity index (χ0v) is 21.8. The molecular formula is C31H34F2O4. The number of hydrogen-bond acceptors (Lipinski definition) is 3. The molecule has 3 aromatic carbocycles. The summed E-state index contributed by atoms with van der Waals surface area (Å²) in [5, 5.41) is 9.31. The minimum atomic E-state index is -0.929. The van der Waals surface area contributed by atoms with Crippen LogP contribution in [0.4, 0.5) is 8.78 Å². The van der Waals surface area contributed by atoms with Crippen molar-refractivity contribution in [2.45, 2.75) is 59.0 Å². The molecule has 0 aromatic heterocycles. The van der Waals surface area contributed by atoms with Gasteiger partial charge in [0.2, 0.25) is 0 Å². The number of halogens is 2. The van der Waals surface area contributed by atoms with Gasteiger partial charge in [-0.3, -0.25) is 4.79 Å². The summed E-state index contributed by atoms with van der Waals surface area (Å²) in [6.45, 7) is 6.49. The van der Waals surface area contributed by atoms with Crippen LogP contribution in [0.15, 0.2) is 54.6 Å². The van der Waals surface area contributed by atoms with Crippen LogP contribution < -0.4 is 9.47 Å². The van der Waals surface area contributed by atoms with Gasteiger partial charge in [-0.2, -0.15) is 0 Å². The fourth-order valence-corrected chi connectivity index (χ4v) is 4.86. The van der Waals surface area contributed by atoms with E-state index in [0.717, 1.165) is 29.5 Å². The van der Waals surface area contributed by atoms with Crippen LogP contribution in [0.1, 0.15) is 62.6 Å². The van der Waals surface area contributed by atoms with E-state index in [1.54, 1.807) is 37.4 Å². The lowest BCUT2D eigenvalue weighted by Crippen LogP contribution is -2.12. The van der Waals surface area contributed by atoms with Crippen LogP contribution >= 0.6 is 0 Å². The van der Waals surface area contributed by atoms with Crippen LogP contribution in [-0.4, -0.2) is 18.2 Å². The van der Waals surface area contributed by atoms with Crippen molar-refractivity contribution in [2.75, 3.05) is 7.11 Å². The van der Waals surface area contributed by atoms with E-state index in [2.05, 4.69) is 20.8 Å². The fourth-order valence-electron chi connectivity index (χ4n) is 4.86. The van der Waals surface area contributed by atoms with Gasteiger partial charge < -0.3 is 14.6 Å². The average Bonchev–Trinajstić information content (AvgIpc) is 3.67. The second kappa shape index (κ2) is 10.9. The summed E-state index contributed by atoms with van der Waals surface area (Å²) in [6.07, 6.45) is 2.44. The molecule has 1 aliphatic rings. The zero-order valence-electron chi connectivity index (χ0n) is 21.8. The van der Waals surface area contributed by atoms with E-state index in [4.69, 9.17) is 9.47 Å². The predicted octanol–water partition coefficient (Wildman–Crippen LogP) is 7.78. The second-order valence-electron chi connectivity index (χ2n) is 11.1.